The molecule has 26 heavy (non-hydrogen) atoms. The zero-order chi connectivity index (χ0) is 17.5. The second kappa shape index (κ2) is 6.06. The topological polar surface area (TPSA) is 78.0 Å². The van der Waals surface area contributed by atoms with E-state index in [1.54, 1.807) is 30.1 Å². The highest BCUT2D eigenvalue weighted by atomic mass is 32.1. The molecule has 0 atom stereocenters. The maximum atomic E-state index is 12.9. The molecule has 7 nitrogen and oxygen atoms in total. The first-order valence-corrected chi connectivity index (χ1v) is 9.34. The number of hydrogen-bond donors (Lipinski definition) is 1. The number of amides is 1. The van der Waals surface area contributed by atoms with E-state index in [9.17, 15) is 4.79 Å². The van der Waals surface area contributed by atoms with Crippen LogP contribution in [0.25, 0.3) is 21.3 Å². The molecular formula is C18H16N6OS. The van der Waals surface area contributed by atoms with E-state index in [1.165, 1.54) is 0 Å². The van der Waals surface area contributed by atoms with Gasteiger partial charge in [-0.05, 0) is 23.6 Å². The van der Waals surface area contributed by atoms with Gasteiger partial charge in [0.2, 0.25) is 0 Å². The number of aromatic amines is 1. The van der Waals surface area contributed by atoms with Crippen LogP contribution in [0.15, 0.2) is 42.3 Å². The smallest absolute Gasteiger partial charge is 0.256 e. The van der Waals surface area contributed by atoms with Crippen LogP contribution in [0.5, 0.6) is 0 Å². The minimum atomic E-state index is 0.0489. The van der Waals surface area contributed by atoms with Crippen molar-refractivity contribution in [1.82, 2.24) is 24.8 Å². The van der Waals surface area contributed by atoms with Gasteiger partial charge in [0.1, 0.15) is 17.8 Å². The first kappa shape index (κ1) is 15.3. The maximum absolute atomic E-state index is 12.9. The molecule has 1 saturated heterocycles. The fourth-order valence-corrected chi connectivity index (χ4v) is 4.29. The van der Waals surface area contributed by atoms with Gasteiger partial charge in [0, 0.05) is 44.0 Å². The lowest BCUT2D eigenvalue weighted by atomic mass is 10.2. The van der Waals surface area contributed by atoms with E-state index < -0.39 is 0 Å². The number of anilines is 1. The predicted octanol–water partition coefficient (Wildman–Crippen LogP) is 2.53. The number of thiophene rings is 1. The third kappa shape index (κ3) is 2.41. The molecule has 4 aromatic heterocycles. The van der Waals surface area contributed by atoms with Gasteiger partial charge in [-0.2, -0.15) is 0 Å². The number of nitrogens with one attached hydrogen (secondary N) is 1. The minimum absolute atomic E-state index is 0.0489. The lowest BCUT2D eigenvalue weighted by Gasteiger charge is -2.35. The molecule has 1 fully saturated rings. The molecule has 0 aromatic carbocycles. The van der Waals surface area contributed by atoms with E-state index in [4.69, 9.17) is 0 Å². The Hall–Kier alpha value is -3.00. The average Bonchev–Trinajstić information content (AvgIpc) is 3.34. The lowest BCUT2D eigenvalue weighted by Crippen LogP contribution is -2.49. The van der Waals surface area contributed by atoms with Crippen LogP contribution < -0.4 is 4.90 Å². The van der Waals surface area contributed by atoms with Crippen LogP contribution in [0, 0.1) is 0 Å². The number of H-pyrrole nitrogens is 1. The summed E-state index contributed by atoms with van der Waals surface area (Å²) >= 11 is 1.66. The van der Waals surface area contributed by atoms with Crippen LogP contribution in [0.2, 0.25) is 0 Å². The zero-order valence-electron chi connectivity index (χ0n) is 13.9. The molecule has 0 aliphatic carbocycles. The third-order valence-electron chi connectivity index (χ3n) is 4.77. The molecule has 0 bridgehead atoms. The highest BCUT2D eigenvalue weighted by Gasteiger charge is 2.25. The summed E-state index contributed by atoms with van der Waals surface area (Å²) in [6, 6.07) is 5.79. The number of aromatic nitrogens is 4. The number of piperazine rings is 1. The number of carbonyl (C=O) groups excluding carboxylic acids is 1. The Labute approximate surface area is 153 Å². The number of fused-ring (bicyclic) bond motifs is 2. The Morgan fingerprint density at radius 2 is 2.00 bits per heavy atom. The Balaban J connectivity index is 1.35. The lowest BCUT2D eigenvalue weighted by molar-refractivity contribution is 0.0748. The first-order chi connectivity index (χ1) is 12.8. The van der Waals surface area contributed by atoms with Gasteiger partial charge in [-0.25, -0.2) is 15.0 Å². The van der Waals surface area contributed by atoms with E-state index in [0.29, 0.717) is 18.7 Å². The highest BCUT2D eigenvalue weighted by molar-refractivity contribution is 7.17. The summed E-state index contributed by atoms with van der Waals surface area (Å²) in [7, 11) is 0. The molecule has 0 unspecified atom stereocenters. The minimum Gasteiger partial charge on any atom is -0.352 e. The first-order valence-electron chi connectivity index (χ1n) is 8.46. The van der Waals surface area contributed by atoms with E-state index in [0.717, 1.165) is 40.2 Å². The Kier molecular flexibility index (Phi) is 3.56. The van der Waals surface area contributed by atoms with Crippen molar-refractivity contribution in [2.45, 2.75) is 0 Å². The van der Waals surface area contributed by atoms with Crippen molar-refractivity contribution in [3.8, 4) is 0 Å². The van der Waals surface area contributed by atoms with Crippen molar-refractivity contribution >= 4 is 44.3 Å². The molecule has 0 spiro atoms. The van der Waals surface area contributed by atoms with Gasteiger partial charge in [-0.3, -0.25) is 4.79 Å². The van der Waals surface area contributed by atoms with E-state index in [-0.39, 0.29) is 5.91 Å². The van der Waals surface area contributed by atoms with Gasteiger partial charge in [-0.1, -0.05) is 0 Å². The van der Waals surface area contributed by atoms with Gasteiger partial charge < -0.3 is 14.8 Å². The number of carbonyl (C=O) groups is 1. The number of rotatable bonds is 2. The molecule has 130 valence electrons. The second-order valence-corrected chi connectivity index (χ2v) is 7.13. The normalized spacial score (nSPS) is 15.1. The molecule has 5 rings (SSSR count). The number of pyridine rings is 1. The fourth-order valence-electron chi connectivity index (χ4n) is 3.43. The Bertz CT molecular complexity index is 1100. The molecule has 0 saturated carbocycles. The molecule has 1 amide bonds. The molecule has 4 aromatic rings. The summed E-state index contributed by atoms with van der Waals surface area (Å²) in [6.45, 7) is 2.86. The van der Waals surface area contributed by atoms with Crippen molar-refractivity contribution in [1.29, 1.82) is 0 Å². The number of nitrogens with zero attached hydrogens (tertiary/aromatic N) is 5. The summed E-state index contributed by atoms with van der Waals surface area (Å²) in [5, 5.41) is 2.91. The van der Waals surface area contributed by atoms with Gasteiger partial charge in [0.15, 0.2) is 0 Å². The highest BCUT2D eigenvalue weighted by Crippen LogP contribution is 2.28. The molecule has 0 radical (unpaired) electrons. The number of hydrogen-bond acceptors (Lipinski definition) is 6. The summed E-state index contributed by atoms with van der Waals surface area (Å²) in [5.74, 6) is 1.02. The average molecular weight is 364 g/mol. The van der Waals surface area contributed by atoms with Crippen LogP contribution >= 0.6 is 11.3 Å². The zero-order valence-corrected chi connectivity index (χ0v) is 14.7. The predicted molar refractivity (Wildman–Crippen MR) is 102 cm³/mol. The van der Waals surface area contributed by atoms with E-state index in [2.05, 4.69) is 24.8 Å². The Morgan fingerprint density at radius 3 is 2.88 bits per heavy atom. The Morgan fingerprint density at radius 1 is 1.12 bits per heavy atom. The van der Waals surface area contributed by atoms with Crippen LogP contribution in [0.3, 0.4) is 0 Å². The molecule has 1 aliphatic rings. The van der Waals surface area contributed by atoms with Crippen molar-refractivity contribution in [2.24, 2.45) is 0 Å². The monoisotopic (exact) mass is 364 g/mol. The van der Waals surface area contributed by atoms with Gasteiger partial charge in [-0.15, -0.1) is 11.3 Å². The third-order valence-corrected chi connectivity index (χ3v) is 5.67. The summed E-state index contributed by atoms with van der Waals surface area (Å²) < 4.78 is 1.11. The van der Waals surface area contributed by atoms with Gasteiger partial charge >= 0.3 is 0 Å². The van der Waals surface area contributed by atoms with E-state index >= 15 is 0 Å². The summed E-state index contributed by atoms with van der Waals surface area (Å²) in [4.78, 5) is 33.2. The second-order valence-electron chi connectivity index (χ2n) is 6.21. The van der Waals surface area contributed by atoms with Gasteiger partial charge in [0.05, 0.1) is 15.8 Å². The van der Waals surface area contributed by atoms with Crippen molar-refractivity contribution in [3.05, 3.63) is 47.9 Å². The van der Waals surface area contributed by atoms with Crippen molar-refractivity contribution in [3.63, 3.8) is 0 Å². The molecular weight excluding hydrogens is 348 g/mol. The molecule has 8 heteroatoms. The molecule has 5 heterocycles. The quantitative estimate of drug-likeness (QED) is 0.591. The largest absolute Gasteiger partial charge is 0.352 e. The molecule has 1 N–H and O–H groups in total. The van der Waals surface area contributed by atoms with Crippen molar-refractivity contribution < 1.29 is 4.79 Å². The van der Waals surface area contributed by atoms with Crippen LogP contribution in [0.1, 0.15) is 10.4 Å². The SMILES string of the molecule is O=C(c1c[nH]c2ncccc12)N1CCN(c2ncnc3ccsc23)CC1. The van der Waals surface area contributed by atoms with Crippen LogP contribution in [-0.4, -0.2) is 56.9 Å². The maximum Gasteiger partial charge on any atom is 0.256 e. The van der Waals surface area contributed by atoms with E-state index in [1.807, 2.05) is 28.5 Å². The fraction of sp³-hybridized carbons (Fsp3) is 0.222. The standard InChI is InChI=1S/C18H16N6OS/c25-18(13-10-20-16-12(13)2-1-4-19-16)24-7-5-23(6-8-24)17-15-14(3-9-26-15)21-11-22-17/h1-4,9-11H,5-8H2,(H,19,20). The summed E-state index contributed by atoms with van der Waals surface area (Å²) in [5.41, 5.74) is 2.41. The summed E-state index contributed by atoms with van der Waals surface area (Å²) in [6.07, 6.45) is 5.09. The molecule has 1 aliphatic heterocycles. The van der Waals surface area contributed by atoms with Crippen LogP contribution in [0.4, 0.5) is 5.82 Å². The van der Waals surface area contributed by atoms with Gasteiger partial charge in [0.25, 0.3) is 5.91 Å². The van der Waals surface area contributed by atoms with Crippen LogP contribution in [-0.2, 0) is 0 Å². The van der Waals surface area contributed by atoms with Crippen molar-refractivity contribution in [2.75, 3.05) is 31.1 Å².